The lowest BCUT2D eigenvalue weighted by molar-refractivity contribution is -0.255. The van der Waals surface area contributed by atoms with Crippen LogP contribution >= 0.6 is 0 Å². The van der Waals surface area contributed by atoms with Crippen LogP contribution in [0.4, 0.5) is 0 Å². The van der Waals surface area contributed by atoms with Gasteiger partial charge in [-0.1, -0.05) is 48.5 Å². The number of benzene rings is 3. The van der Waals surface area contributed by atoms with Crippen LogP contribution in [0.15, 0.2) is 71.5 Å². The number of nitrogens with zero attached hydrogens (tertiary/aromatic N) is 3. The summed E-state index contributed by atoms with van der Waals surface area (Å²) in [6.07, 6.45) is 0.565. The second kappa shape index (κ2) is 9.77. The lowest BCUT2D eigenvalue weighted by Crippen LogP contribution is -2.44. The molecule has 37 heavy (non-hydrogen) atoms. The SMILES string of the molecule is COc1cc2c(cc1OC)[C@@H](c1ccccc1)N(C(=O)Cn1nc(C(=O)[O-])c3ccccc3c1=O)CC2. The lowest BCUT2D eigenvalue weighted by Gasteiger charge is -2.38. The van der Waals surface area contributed by atoms with Crippen LogP contribution in [0.25, 0.3) is 10.8 Å². The maximum Gasteiger partial charge on any atom is 0.275 e. The fourth-order valence-electron chi connectivity index (χ4n) is 4.92. The van der Waals surface area contributed by atoms with Crippen LogP contribution in [0.1, 0.15) is 33.2 Å². The van der Waals surface area contributed by atoms with Gasteiger partial charge in [-0.3, -0.25) is 9.59 Å². The van der Waals surface area contributed by atoms with Crippen LogP contribution < -0.4 is 20.1 Å². The second-order valence-corrected chi connectivity index (χ2v) is 8.70. The highest BCUT2D eigenvalue weighted by Crippen LogP contribution is 2.41. The molecule has 0 radical (unpaired) electrons. The molecule has 0 bridgehead atoms. The van der Waals surface area contributed by atoms with Crippen LogP contribution in [0, 0.1) is 0 Å². The van der Waals surface area contributed by atoms with Crippen molar-refractivity contribution in [1.82, 2.24) is 14.7 Å². The number of amides is 1. The fourth-order valence-corrected chi connectivity index (χ4v) is 4.92. The van der Waals surface area contributed by atoms with Crippen LogP contribution in [0.5, 0.6) is 11.5 Å². The van der Waals surface area contributed by atoms with Crippen LogP contribution in [-0.2, 0) is 17.8 Å². The topological polar surface area (TPSA) is 114 Å². The molecule has 0 aliphatic carbocycles. The van der Waals surface area contributed by atoms with Crippen molar-refractivity contribution >= 4 is 22.6 Å². The summed E-state index contributed by atoms with van der Waals surface area (Å²) >= 11 is 0. The number of carbonyl (C=O) groups is 2. The Morgan fingerprint density at radius 2 is 1.62 bits per heavy atom. The first-order valence-electron chi connectivity index (χ1n) is 11.7. The predicted molar refractivity (Wildman–Crippen MR) is 134 cm³/mol. The van der Waals surface area contributed by atoms with E-state index in [1.165, 1.54) is 12.1 Å². The molecular weight excluding hydrogens is 474 g/mol. The summed E-state index contributed by atoms with van der Waals surface area (Å²) in [5.41, 5.74) is 1.86. The number of hydrogen-bond acceptors (Lipinski definition) is 7. The van der Waals surface area contributed by atoms with E-state index in [4.69, 9.17) is 9.47 Å². The van der Waals surface area contributed by atoms with Crippen LogP contribution in [0.2, 0.25) is 0 Å². The van der Waals surface area contributed by atoms with Gasteiger partial charge in [0.2, 0.25) is 5.91 Å². The number of aromatic carboxylic acids is 1. The minimum atomic E-state index is -1.52. The molecular formula is C28H24N3O6-. The van der Waals surface area contributed by atoms with Crippen molar-refractivity contribution < 1.29 is 24.2 Å². The van der Waals surface area contributed by atoms with E-state index >= 15 is 0 Å². The molecule has 5 rings (SSSR count). The molecule has 188 valence electrons. The van der Waals surface area contributed by atoms with Gasteiger partial charge >= 0.3 is 0 Å². The molecule has 0 unspecified atom stereocenters. The number of aromatic nitrogens is 2. The number of hydrogen-bond donors (Lipinski definition) is 0. The summed E-state index contributed by atoms with van der Waals surface area (Å²) in [7, 11) is 3.13. The maximum absolute atomic E-state index is 13.7. The highest BCUT2D eigenvalue weighted by molar-refractivity contribution is 6.00. The van der Waals surface area contributed by atoms with Crippen LogP contribution in [0.3, 0.4) is 0 Å². The van der Waals surface area contributed by atoms with Crippen LogP contribution in [-0.4, -0.2) is 47.3 Å². The zero-order valence-electron chi connectivity index (χ0n) is 20.3. The molecule has 0 saturated carbocycles. The van der Waals surface area contributed by atoms with Crippen molar-refractivity contribution in [3.05, 3.63) is 99.5 Å². The third kappa shape index (κ3) is 4.29. The van der Waals surface area contributed by atoms with Crippen molar-refractivity contribution in [2.45, 2.75) is 19.0 Å². The first-order valence-corrected chi connectivity index (χ1v) is 11.7. The number of carbonyl (C=O) groups excluding carboxylic acids is 2. The summed E-state index contributed by atoms with van der Waals surface area (Å²) in [5.74, 6) is -0.743. The lowest BCUT2D eigenvalue weighted by atomic mass is 9.87. The number of methoxy groups -OCH3 is 2. The molecule has 9 heteroatoms. The van der Waals surface area contributed by atoms with E-state index in [1.807, 2.05) is 42.5 Å². The molecule has 0 saturated heterocycles. The van der Waals surface area contributed by atoms with Gasteiger partial charge in [-0.2, -0.15) is 5.10 Å². The quantitative estimate of drug-likeness (QED) is 0.399. The molecule has 0 fully saturated rings. The van der Waals surface area contributed by atoms with Crippen molar-refractivity contribution in [3.8, 4) is 11.5 Å². The average Bonchev–Trinajstić information content (AvgIpc) is 2.93. The Labute approximate surface area is 212 Å². The van der Waals surface area contributed by atoms with Gasteiger partial charge in [0.15, 0.2) is 11.5 Å². The van der Waals surface area contributed by atoms with E-state index in [1.54, 1.807) is 31.3 Å². The number of fused-ring (bicyclic) bond motifs is 2. The first kappa shape index (κ1) is 24.1. The van der Waals surface area contributed by atoms with Gasteiger partial charge in [0.1, 0.15) is 12.2 Å². The number of ether oxygens (including phenoxy) is 2. The van der Waals surface area contributed by atoms with E-state index in [9.17, 15) is 19.5 Å². The summed E-state index contributed by atoms with van der Waals surface area (Å²) in [5, 5.41) is 16.1. The Morgan fingerprint density at radius 1 is 0.973 bits per heavy atom. The highest BCUT2D eigenvalue weighted by atomic mass is 16.5. The summed E-state index contributed by atoms with van der Waals surface area (Å²) in [6.45, 7) is -0.0353. The minimum absolute atomic E-state index is 0.157. The number of carboxylic acid groups (broad SMARTS) is 1. The van der Waals surface area contributed by atoms with E-state index < -0.39 is 24.1 Å². The zero-order valence-corrected chi connectivity index (χ0v) is 20.3. The zero-order chi connectivity index (χ0) is 26.1. The molecule has 1 aliphatic heterocycles. The number of rotatable bonds is 6. The molecule has 1 aromatic heterocycles. The minimum Gasteiger partial charge on any atom is -0.543 e. The first-order chi connectivity index (χ1) is 17.9. The molecule has 0 N–H and O–H groups in total. The van der Waals surface area contributed by atoms with Crippen molar-refractivity contribution in [2.75, 3.05) is 20.8 Å². The van der Waals surface area contributed by atoms with Gasteiger partial charge in [-0.25, -0.2) is 4.68 Å². The summed E-state index contributed by atoms with van der Waals surface area (Å²) in [4.78, 5) is 40.3. The molecule has 1 aliphatic rings. The van der Waals surface area contributed by atoms with E-state index in [-0.39, 0.29) is 22.4 Å². The predicted octanol–water partition coefficient (Wildman–Crippen LogP) is 1.95. The molecule has 1 atom stereocenters. The molecule has 4 aromatic rings. The molecule has 0 spiro atoms. The molecule has 9 nitrogen and oxygen atoms in total. The standard InChI is InChI=1S/C28H25N3O6/c1-36-22-14-18-12-13-30(26(17-8-4-3-5-9-17)21(18)15-23(22)37-2)24(32)16-31-27(33)20-11-7-6-10-19(20)25(29-31)28(34)35/h3-11,14-15,26H,12-13,16H2,1-2H3,(H,34,35)/p-1/t26-/m1/s1. The van der Waals surface area contributed by atoms with Gasteiger partial charge in [-0.15, -0.1) is 0 Å². The van der Waals surface area contributed by atoms with Gasteiger partial charge in [0.25, 0.3) is 5.56 Å². The van der Waals surface area contributed by atoms with Gasteiger partial charge in [0, 0.05) is 11.9 Å². The largest absolute Gasteiger partial charge is 0.543 e. The third-order valence-corrected chi connectivity index (χ3v) is 6.66. The van der Waals surface area contributed by atoms with E-state index in [0.29, 0.717) is 24.5 Å². The van der Waals surface area contributed by atoms with Crippen molar-refractivity contribution in [3.63, 3.8) is 0 Å². The molecule has 3 aromatic carbocycles. The smallest absolute Gasteiger partial charge is 0.275 e. The number of carboxylic acids is 1. The normalized spacial score (nSPS) is 14.8. The summed E-state index contributed by atoms with van der Waals surface area (Å²) in [6, 6.07) is 19.2. The van der Waals surface area contributed by atoms with Gasteiger partial charge in [-0.05, 0) is 41.3 Å². The average molecular weight is 499 g/mol. The monoisotopic (exact) mass is 498 g/mol. The fraction of sp³-hybridized carbons (Fsp3) is 0.214. The van der Waals surface area contributed by atoms with Gasteiger partial charge in [0.05, 0.1) is 31.6 Å². The van der Waals surface area contributed by atoms with E-state index in [2.05, 4.69) is 5.10 Å². The molecule has 1 amide bonds. The van der Waals surface area contributed by atoms with Crippen molar-refractivity contribution in [2.24, 2.45) is 0 Å². The Hall–Kier alpha value is -4.66. The van der Waals surface area contributed by atoms with Gasteiger partial charge < -0.3 is 24.3 Å². The second-order valence-electron chi connectivity index (χ2n) is 8.70. The Bertz CT molecular complexity index is 1560. The van der Waals surface area contributed by atoms with E-state index in [0.717, 1.165) is 21.4 Å². The Kier molecular flexibility index (Phi) is 6.35. The Morgan fingerprint density at radius 3 is 2.30 bits per heavy atom. The highest BCUT2D eigenvalue weighted by Gasteiger charge is 2.33. The third-order valence-electron chi connectivity index (χ3n) is 6.66. The van der Waals surface area contributed by atoms with Crippen molar-refractivity contribution in [1.29, 1.82) is 0 Å². The summed E-state index contributed by atoms with van der Waals surface area (Å²) < 4.78 is 11.9. The molecule has 2 heterocycles. The Balaban J connectivity index is 1.58. The maximum atomic E-state index is 13.7.